The van der Waals surface area contributed by atoms with Crippen molar-refractivity contribution in [2.45, 2.75) is 84.2 Å². The van der Waals surface area contributed by atoms with Crippen LogP contribution in [0.2, 0.25) is 0 Å². The van der Waals surface area contributed by atoms with Gasteiger partial charge in [0, 0.05) is 77.9 Å². The Bertz CT molecular complexity index is 902. The van der Waals surface area contributed by atoms with Crippen LogP contribution in [-0.4, -0.2) is 84.3 Å². The topological polar surface area (TPSA) is 37.4 Å². The highest BCUT2D eigenvalue weighted by Crippen LogP contribution is 2.48. The molecule has 0 N–H and O–H groups in total. The van der Waals surface area contributed by atoms with E-state index in [2.05, 4.69) is 47.6 Å². The Hall–Kier alpha value is -1.50. The van der Waals surface area contributed by atoms with Gasteiger partial charge < -0.3 is 24.0 Å². The second-order valence-corrected chi connectivity index (χ2v) is 13.8. The first kappa shape index (κ1) is 29.0. The van der Waals surface area contributed by atoms with Crippen LogP contribution in [-0.2, 0) is 9.47 Å². The summed E-state index contributed by atoms with van der Waals surface area (Å²) in [4.78, 5) is 7.93. The summed E-state index contributed by atoms with van der Waals surface area (Å²) in [5.74, 6) is 3.31. The van der Waals surface area contributed by atoms with Crippen LogP contribution in [0.4, 0.5) is 11.4 Å². The SMILES string of the molecule is COc1cc(N2CCN(CC3CCOCC3)CC2)c(C2CCC(C(C)(C)C)CC2)cc1N1CCC(OC)CC1. The van der Waals surface area contributed by atoms with Crippen molar-refractivity contribution in [3.05, 3.63) is 17.7 Å². The Kier molecular flexibility index (Phi) is 9.66. The number of hydrogen-bond donors (Lipinski definition) is 0. The van der Waals surface area contributed by atoms with Crippen LogP contribution in [0.25, 0.3) is 0 Å². The van der Waals surface area contributed by atoms with E-state index in [9.17, 15) is 0 Å². The van der Waals surface area contributed by atoms with Crippen molar-refractivity contribution in [3.8, 4) is 5.75 Å². The molecule has 4 aliphatic rings. The number of anilines is 2. The molecule has 0 amide bonds. The molecule has 3 aliphatic heterocycles. The number of nitrogens with zero attached hydrogens (tertiary/aromatic N) is 3. The zero-order valence-electron chi connectivity index (χ0n) is 25.6. The van der Waals surface area contributed by atoms with Crippen LogP contribution in [0.1, 0.15) is 83.6 Å². The smallest absolute Gasteiger partial charge is 0.144 e. The maximum absolute atomic E-state index is 6.09. The molecular weight excluding hydrogens is 486 g/mol. The fraction of sp³-hybridized carbons (Fsp3) is 0.818. The van der Waals surface area contributed by atoms with Crippen molar-refractivity contribution in [1.82, 2.24) is 4.90 Å². The summed E-state index contributed by atoms with van der Waals surface area (Å²) in [6.45, 7) is 17.0. The van der Waals surface area contributed by atoms with E-state index in [0.29, 0.717) is 17.4 Å². The first-order valence-electron chi connectivity index (χ1n) is 15.9. The lowest BCUT2D eigenvalue weighted by Crippen LogP contribution is -2.48. The second kappa shape index (κ2) is 13.0. The fourth-order valence-electron chi connectivity index (χ4n) is 7.65. The van der Waals surface area contributed by atoms with E-state index in [1.165, 1.54) is 56.4 Å². The molecular formula is C33H55N3O3. The third kappa shape index (κ3) is 7.05. The van der Waals surface area contributed by atoms with Crippen molar-refractivity contribution in [2.24, 2.45) is 17.3 Å². The Balaban J connectivity index is 1.36. The molecule has 0 bridgehead atoms. The first-order chi connectivity index (χ1) is 18.9. The van der Waals surface area contributed by atoms with Gasteiger partial charge in [-0.2, -0.15) is 0 Å². The van der Waals surface area contributed by atoms with Crippen molar-refractivity contribution in [1.29, 1.82) is 0 Å². The van der Waals surface area contributed by atoms with E-state index in [1.54, 1.807) is 5.56 Å². The molecule has 1 aliphatic carbocycles. The van der Waals surface area contributed by atoms with Gasteiger partial charge in [0.15, 0.2) is 0 Å². The zero-order valence-corrected chi connectivity index (χ0v) is 25.6. The van der Waals surface area contributed by atoms with E-state index in [1.807, 2.05) is 14.2 Å². The van der Waals surface area contributed by atoms with E-state index in [4.69, 9.17) is 14.2 Å². The number of methoxy groups -OCH3 is 2. The fourth-order valence-corrected chi connectivity index (χ4v) is 7.65. The summed E-state index contributed by atoms with van der Waals surface area (Å²) >= 11 is 0. The van der Waals surface area contributed by atoms with E-state index in [-0.39, 0.29) is 0 Å². The molecule has 0 atom stereocenters. The molecule has 6 nitrogen and oxygen atoms in total. The monoisotopic (exact) mass is 541 g/mol. The van der Waals surface area contributed by atoms with E-state index < -0.39 is 0 Å². The summed E-state index contributed by atoms with van der Waals surface area (Å²) in [6.07, 6.45) is 10.3. The Morgan fingerprint density at radius 3 is 2.00 bits per heavy atom. The lowest BCUT2D eigenvalue weighted by molar-refractivity contribution is 0.0517. The average Bonchev–Trinajstić information content (AvgIpc) is 2.97. The number of piperidine rings is 1. The molecule has 1 aromatic rings. The highest BCUT2D eigenvalue weighted by Gasteiger charge is 2.33. The number of rotatable bonds is 7. The minimum absolute atomic E-state index is 0.385. The van der Waals surface area contributed by atoms with Gasteiger partial charge in [0.1, 0.15) is 5.75 Å². The third-order valence-electron chi connectivity index (χ3n) is 10.4. The molecule has 220 valence electrons. The maximum atomic E-state index is 6.09. The van der Waals surface area contributed by atoms with Crippen LogP contribution < -0.4 is 14.5 Å². The Labute approximate surface area is 238 Å². The van der Waals surface area contributed by atoms with Gasteiger partial charge in [0.2, 0.25) is 0 Å². The molecule has 5 rings (SSSR count). The minimum Gasteiger partial charge on any atom is -0.495 e. The van der Waals surface area contributed by atoms with Crippen LogP contribution in [0.5, 0.6) is 5.75 Å². The van der Waals surface area contributed by atoms with Gasteiger partial charge in [-0.25, -0.2) is 0 Å². The first-order valence-corrected chi connectivity index (χ1v) is 15.9. The summed E-state index contributed by atoms with van der Waals surface area (Å²) in [5.41, 5.74) is 4.71. The number of benzene rings is 1. The summed E-state index contributed by atoms with van der Waals surface area (Å²) in [6, 6.07) is 4.94. The van der Waals surface area contributed by atoms with Gasteiger partial charge in [-0.05, 0) is 86.2 Å². The van der Waals surface area contributed by atoms with Gasteiger partial charge in [-0.1, -0.05) is 20.8 Å². The van der Waals surface area contributed by atoms with Crippen LogP contribution in [0.15, 0.2) is 12.1 Å². The number of piperazine rings is 1. The lowest BCUT2D eigenvalue weighted by atomic mass is 9.68. The zero-order chi connectivity index (χ0) is 27.4. The van der Waals surface area contributed by atoms with E-state index in [0.717, 1.165) is 82.9 Å². The standard InChI is InChI=1S/C33H55N3O3/c1-33(2,3)27-8-6-26(7-9-27)29-22-31(35-14-10-28(37-4)11-15-35)32(38-5)23-30(29)36-18-16-34(17-19-36)24-25-12-20-39-21-13-25/h22-23,25-28H,6-21,24H2,1-5H3. The summed E-state index contributed by atoms with van der Waals surface area (Å²) in [7, 11) is 3.70. The minimum atomic E-state index is 0.385. The van der Waals surface area contributed by atoms with Crippen LogP contribution in [0, 0.1) is 17.3 Å². The van der Waals surface area contributed by atoms with Crippen LogP contribution >= 0.6 is 0 Å². The van der Waals surface area contributed by atoms with Gasteiger partial charge in [-0.15, -0.1) is 0 Å². The molecule has 6 heteroatoms. The lowest BCUT2D eigenvalue weighted by Gasteiger charge is -2.42. The van der Waals surface area contributed by atoms with Gasteiger partial charge in [0.05, 0.1) is 18.9 Å². The predicted octanol–water partition coefficient (Wildman–Crippen LogP) is 6.18. The van der Waals surface area contributed by atoms with Crippen molar-refractivity contribution in [2.75, 3.05) is 83.0 Å². The molecule has 1 saturated carbocycles. The van der Waals surface area contributed by atoms with Gasteiger partial charge in [-0.3, -0.25) is 4.90 Å². The molecule has 3 heterocycles. The summed E-state index contributed by atoms with van der Waals surface area (Å²) < 4.78 is 17.4. The summed E-state index contributed by atoms with van der Waals surface area (Å²) in [5, 5.41) is 0. The van der Waals surface area contributed by atoms with Crippen molar-refractivity contribution in [3.63, 3.8) is 0 Å². The number of ether oxygens (including phenoxy) is 3. The molecule has 0 aromatic heterocycles. The normalized spacial score (nSPS) is 26.7. The average molecular weight is 542 g/mol. The predicted molar refractivity (Wildman–Crippen MR) is 162 cm³/mol. The Morgan fingerprint density at radius 1 is 0.769 bits per heavy atom. The molecule has 1 aromatic carbocycles. The quantitative estimate of drug-likeness (QED) is 0.410. The largest absolute Gasteiger partial charge is 0.495 e. The molecule has 3 saturated heterocycles. The Morgan fingerprint density at radius 2 is 1.41 bits per heavy atom. The van der Waals surface area contributed by atoms with Crippen molar-refractivity contribution < 1.29 is 14.2 Å². The van der Waals surface area contributed by atoms with Crippen molar-refractivity contribution >= 4 is 11.4 Å². The molecule has 0 spiro atoms. The van der Waals surface area contributed by atoms with Gasteiger partial charge in [0.25, 0.3) is 0 Å². The molecule has 0 unspecified atom stereocenters. The van der Waals surface area contributed by atoms with Crippen LogP contribution in [0.3, 0.4) is 0 Å². The molecule has 4 fully saturated rings. The molecule has 39 heavy (non-hydrogen) atoms. The molecule has 0 radical (unpaired) electrons. The maximum Gasteiger partial charge on any atom is 0.144 e. The van der Waals surface area contributed by atoms with E-state index >= 15 is 0 Å². The van der Waals surface area contributed by atoms with Gasteiger partial charge >= 0.3 is 0 Å². The highest BCUT2D eigenvalue weighted by atomic mass is 16.5. The number of hydrogen-bond acceptors (Lipinski definition) is 6. The highest BCUT2D eigenvalue weighted by molar-refractivity contribution is 5.71. The third-order valence-corrected chi connectivity index (χ3v) is 10.4. The second-order valence-electron chi connectivity index (χ2n) is 13.8.